The van der Waals surface area contributed by atoms with Gasteiger partial charge in [-0.25, -0.2) is 0 Å². The van der Waals surface area contributed by atoms with Crippen molar-refractivity contribution < 1.29 is 9.53 Å². The molecule has 0 atom stereocenters. The van der Waals surface area contributed by atoms with Gasteiger partial charge in [0, 0.05) is 22.4 Å². The van der Waals surface area contributed by atoms with E-state index in [0.29, 0.717) is 0 Å². The summed E-state index contributed by atoms with van der Waals surface area (Å²) in [5.41, 5.74) is 8.84. The maximum Gasteiger partial charge on any atom is 0.256 e. The first-order chi connectivity index (χ1) is 13.3. The number of benzene rings is 3. The van der Waals surface area contributed by atoms with Crippen LogP contribution >= 0.6 is 0 Å². The highest BCUT2D eigenvalue weighted by Gasteiger charge is 2.19. The summed E-state index contributed by atoms with van der Waals surface area (Å²) in [6, 6.07) is 16.1. The maximum absolute atomic E-state index is 13.2. The quantitative estimate of drug-likeness (QED) is 0.595. The molecule has 0 aliphatic rings. The molecule has 3 aromatic rings. The van der Waals surface area contributed by atoms with Crippen molar-refractivity contribution in [3.8, 4) is 16.9 Å². The number of amides is 1. The molecule has 0 saturated carbocycles. The lowest BCUT2D eigenvalue weighted by molar-refractivity contribution is 0.102. The SMILES string of the molecule is COc1cccc(C)c1-c1c(C)cccc1NC(=O)c1c(C)cc(C)cc1C. The Labute approximate surface area is 167 Å². The Morgan fingerprint density at radius 1 is 0.786 bits per heavy atom. The molecule has 1 amide bonds. The molecule has 0 aromatic heterocycles. The molecular formula is C25H27NO2. The summed E-state index contributed by atoms with van der Waals surface area (Å²) in [7, 11) is 1.67. The van der Waals surface area contributed by atoms with Gasteiger partial charge in [0.15, 0.2) is 0 Å². The minimum absolute atomic E-state index is 0.0885. The zero-order chi connectivity index (χ0) is 20.4. The third kappa shape index (κ3) is 3.65. The van der Waals surface area contributed by atoms with Gasteiger partial charge in [-0.1, -0.05) is 42.0 Å². The number of aryl methyl sites for hydroxylation is 5. The van der Waals surface area contributed by atoms with Gasteiger partial charge in [0.1, 0.15) is 5.75 Å². The monoisotopic (exact) mass is 373 g/mol. The summed E-state index contributed by atoms with van der Waals surface area (Å²) in [6.45, 7) is 10.1. The van der Waals surface area contributed by atoms with E-state index in [-0.39, 0.29) is 5.91 Å². The van der Waals surface area contributed by atoms with E-state index in [1.807, 2.05) is 57.2 Å². The molecule has 0 aliphatic heterocycles. The third-order valence-corrected chi connectivity index (χ3v) is 5.13. The predicted molar refractivity (Wildman–Crippen MR) is 117 cm³/mol. The largest absolute Gasteiger partial charge is 0.496 e. The molecule has 3 nitrogen and oxygen atoms in total. The molecule has 0 unspecified atom stereocenters. The fourth-order valence-electron chi connectivity index (χ4n) is 3.96. The molecule has 28 heavy (non-hydrogen) atoms. The fraction of sp³-hybridized carbons (Fsp3) is 0.240. The lowest BCUT2D eigenvalue weighted by Crippen LogP contribution is -2.16. The van der Waals surface area contributed by atoms with Gasteiger partial charge in [-0.2, -0.15) is 0 Å². The number of methoxy groups -OCH3 is 1. The first kappa shape index (κ1) is 19.7. The van der Waals surface area contributed by atoms with Gasteiger partial charge in [-0.15, -0.1) is 0 Å². The van der Waals surface area contributed by atoms with E-state index in [0.717, 1.165) is 55.9 Å². The van der Waals surface area contributed by atoms with E-state index in [1.165, 1.54) is 0 Å². The van der Waals surface area contributed by atoms with Crippen LogP contribution in [0.15, 0.2) is 48.5 Å². The highest BCUT2D eigenvalue weighted by Crippen LogP contribution is 2.40. The Bertz CT molecular complexity index is 1030. The van der Waals surface area contributed by atoms with Gasteiger partial charge in [0.05, 0.1) is 7.11 Å². The molecule has 0 spiro atoms. The Morgan fingerprint density at radius 3 is 1.96 bits per heavy atom. The van der Waals surface area contributed by atoms with Crippen LogP contribution in [0.5, 0.6) is 5.75 Å². The van der Waals surface area contributed by atoms with Crippen LogP contribution < -0.4 is 10.1 Å². The fourth-order valence-corrected chi connectivity index (χ4v) is 3.96. The van der Waals surface area contributed by atoms with Crippen LogP contribution in [-0.4, -0.2) is 13.0 Å². The zero-order valence-electron chi connectivity index (χ0n) is 17.4. The standard InChI is InChI=1S/C25H27NO2/c1-15-13-18(4)22(19(5)14-15)25(27)26-20-11-7-9-16(2)23(20)24-17(3)10-8-12-21(24)28-6/h7-14H,1-6H3,(H,26,27). The minimum Gasteiger partial charge on any atom is -0.496 e. The molecule has 3 rings (SSSR count). The highest BCUT2D eigenvalue weighted by atomic mass is 16.5. The summed E-state index contributed by atoms with van der Waals surface area (Å²) >= 11 is 0. The normalized spacial score (nSPS) is 10.6. The van der Waals surface area contributed by atoms with E-state index in [1.54, 1.807) is 7.11 Å². The Morgan fingerprint density at radius 2 is 1.36 bits per heavy atom. The number of rotatable bonds is 4. The number of ether oxygens (including phenoxy) is 1. The Balaban J connectivity index is 2.12. The van der Waals surface area contributed by atoms with Gasteiger partial charge in [-0.05, 0) is 69.0 Å². The van der Waals surface area contributed by atoms with Crippen molar-refractivity contribution in [1.29, 1.82) is 0 Å². The molecular weight excluding hydrogens is 346 g/mol. The molecule has 3 heteroatoms. The maximum atomic E-state index is 13.2. The summed E-state index contributed by atoms with van der Waals surface area (Å²) in [4.78, 5) is 13.2. The van der Waals surface area contributed by atoms with E-state index in [2.05, 4.69) is 31.3 Å². The zero-order valence-corrected chi connectivity index (χ0v) is 17.4. The Kier molecular flexibility index (Phi) is 5.55. The first-order valence-electron chi connectivity index (χ1n) is 9.46. The van der Waals surface area contributed by atoms with E-state index in [9.17, 15) is 4.79 Å². The minimum atomic E-state index is -0.0885. The number of hydrogen-bond acceptors (Lipinski definition) is 2. The number of carbonyl (C=O) groups is 1. The summed E-state index contributed by atoms with van der Waals surface area (Å²) in [5, 5.41) is 3.15. The van der Waals surface area contributed by atoms with Crippen LogP contribution in [0, 0.1) is 34.6 Å². The molecule has 0 bridgehead atoms. The van der Waals surface area contributed by atoms with E-state index >= 15 is 0 Å². The number of anilines is 1. The molecule has 3 aromatic carbocycles. The second-order valence-corrected chi connectivity index (χ2v) is 7.38. The van der Waals surface area contributed by atoms with Crippen LogP contribution in [0.25, 0.3) is 11.1 Å². The summed E-state index contributed by atoms with van der Waals surface area (Å²) < 4.78 is 5.62. The predicted octanol–water partition coefficient (Wildman–Crippen LogP) is 6.16. The lowest BCUT2D eigenvalue weighted by Gasteiger charge is -2.19. The van der Waals surface area contributed by atoms with Gasteiger partial charge in [-0.3, -0.25) is 4.79 Å². The van der Waals surface area contributed by atoms with Gasteiger partial charge in [0.25, 0.3) is 5.91 Å². The highest BCUT2D eigenvalue weighted by molar-refractivity contribution is 6.08. The van der Waals surface area contributed by atoms with Gasteiger partial charge < -0.3 is 10.1 Å². The van der Waals surface area contributed by atoms with E-state index < -0.39 is 0 Å². The van der Waals surface area contributed by atoms with Crippen molar-refractivity contribution in [2.75, 3.05) is 12.4 Å². The van der Waals surface area contributed by atoms with Gasteiger partial charge in [0.2, 0.25) is 0 Å². The van der Waals surface area contributed by atoms with E-state index in [4.69, 9.17) is 4.74 Å². The molecule has 0 radical (unpaired) electrons. The van der Waals surface area contributed by atoms with Crippen molar-refractivity contribution in [2.24, 2.45) is 0 Å². The molecule has 0 heterocycles. The lowest BCUT2D eigenvalue weighted by atomic mass is 9.93. The Hall–Kier alpha value is -3.07. The number of hydrogen-bond donors (Lipinski definition) is 1. The second-order valence-electron chi connectivity index (χ2n) is 7.38. The van der Waals surface area contributed by atoms with Gasteiger partial charge >= 0.3 is 0 Å². The van der Waals surface area contributed by atoms with Crippen molar-refractivity contribution in [3.63, 3.8) is 0 Å². The van der Waals surface area contributed by atoms with Crippen LogP contribution in [-0.2, 0) is 0 Å². The molecule has 0 saturated heterocycles. The van der Waals surface area contributed by atoms with Crippen molar-refractivity contribution in [2.45, 2.75) is 34.6 Å². The van der Waals surface area contributed by atoms with Crippen LogP contribution in [0.2, 0.25) is 0 Å². The smallest absolute Gasteiger partial charge is 0.256 e. The summed E-state index contributed by atoms with van der Waals surface area (Å²) in [6.07, 6.45) is 0. The average Bonchev–Trinajstić information content (AvgIpc) is 2.61. The average molecular weight is 373 g/mol. The topological polar surface area (TPSA) is 38.3 Å². The van der Waals surface area contributed by atoms with Crippen molar-refractivity contribution in [1.82, 2.24) is 0 Å². The third-order valence-electron chi connectivity index (χ3n) is 5.13. The van der Waals surface area contributed by atoms with Crippen molar-refractivity contribution in [3.05, 3.63) is 81.9 Å². The van der Waals surface area contributed by atoms with Crippen LogP contribution in [0.3, 0.4) is 0 Å². The number of carbonyl (C=O) groups excluding carboxylic acids is 1. The van der Waals surface area contributed by atoms with Crippen LogP contribution in [0.4, 0.5) is 5.69 Å². The van der Waals surface area contributed by atoms with Crippen molar-refractivity contribution >= 4 is 11.6 Å². The summed E-state index contributed by atoms with van der Waals surface area (Å²) in [5.74, 6) is 0.710. The van der Waals surface area contributed by atoms with Crippen LogP contribution in [0.1, 0.15) is 38.2 Å². The second kappa shape index (κ2) is 7.89. The number of nitrogens with one attached hydrogen (secondary N) is 1. The molecule has 1 N–H and O–H groups in total. The molecule has 144 valence electrons. The molecule has 0 aliphatic carbocycles. The molecule has 0 fully saturated rings. The first-order valence-corrected chi connectivity index (χ1v) is 9.46.